The van der Waals surface area contributed by atoms with Crippen LogP contribution in [-0.2, 0) is 10.0 Å². The Kier molecular flexibility index (Phi) is 6.03. The van der Waals surface area contributed by atoms with Crippen LogP contribution in [0.15, 0.2) is 53.4 Å². The number of amides is 1. The molecule has 1 fully saturated rings. The smallest absolute Gasteiger partial charge is 0.255 e. The molecule has 0 aromatic heterocycles. The minimum Gasteiger partial charge on any atom is -0.322 e. The third kappa shape index (κ3) is 4.61. The number of carbonyl (C=O) groups excluding carboxylic acids is 2. The molecule has 1 saturated heterocycles. The van der Waals surface area contributed by atoms with E-state index >= 15 is 0 Å². The molecule has 0 spiro atoms. The molecule has 0 bridgehead atoms. The van der Waals surface area contributed by atoms with Crippen molar-refractivity contribution < 1.29 is 18.0 Å². The molecule has 1 amide bonds. The molecule has 1 N–H and O–H groups in total. The molecule has 7 heteroatoms. The molecule has 0 radical (unpaired) electrons. The van der Waals surface area contributed by atoms with Crippen LogP contribution in [0.2, 0.25) is 0 Å². The second-order valence-electron chi connectivity index (χ2n) is 6.54. The zero-order valence-corrected chi connectivity index (χ0v) is 15.7. The number of sulfonamides is 1. The predicted molar refractivity (Wildman–Crippen MR) is 103 cm³/mol. The maximum atomic E-state index is 12.9. The SMILES string of the molecule is O=Cc1ccc(C(=O)Nc2cccc(S(=O)(=O)N3CCCCCC3)c2)cc1. The summed E-state index contributed by atoms with van der Waals surface area (Å²) in [5.41, 5.74) is 1.29. The number of rotatable bonds is 5. The Labute approximate surface area is 159 Å². The van der Waals surface area contributed by atoms with Gasteiger partial charge in [0.2, 0.25) is 10.0 Å². The second kappa shape index (κ2) is 8.45. The third-order valence-corrected chi connectivity index (χ3v) is 6.50. The number of nitrogens with zero attached hydrogens (tertiary/aromatic N) is 1. The average Bonchev–Trinajstić information content (AvgIpc) is 2.98. The van der Waals surface area contributed by atoms with Gasteiger partial charge in [-0.3, -0.25) is 9.59 Å². The van der Waals surface area contributed by atoms with Gasteiger partial charge in [-0.2, -0.15) is 4.31 Å². The summed E-state index contributed by atoms with van der Waals surface area (Å²) in [6, 6.07) is 12.5. The summed E-state index contributed by atoms with van der Waals surface area (Å²) in [7, 11) is -3.57. The molecule has 142 valence electrons. The van der Waals surface area contributed by atoms with Gasteiger partial charge < -0.3 is 5.32 Å². The van der Waals surface area contributed by atoms with E-state index in [2.05, 4.69) is 5.32 Å². The summed E-state index contributed by atoms with van der Waals surface area (Å²) in [6.07, 6.45) is 4.54. The molecule has 27 heavy (non-hydrogen) atoms. The second-order valence-corrected chi connectivity index (χ2v) is 8.48. The van der Waals surface area contributed by atoms with Crippen molar-refractivity contribution in [1.29, 1.82) is 0 Å². The molecule has 2 aromatic rings. The van der Waals surface area contributed by atoms with Gasteiger partial charge in [0, 0.05) is 29.9 Å². The predicted octanol–water partition coefficient (Wildman–Crippen LogP) is 3.32. The molecule has 0 unspecified atom stereocenters. The first-order valence-electron chi connectivity index (χ1n) is 8.97. The molecule has 0 saturated carbocycles. The van der Waals surface area contributed by atoms with Gasteiger partial charge in [-0.15, -0.1) is 0 Å². The fraction of sp³-hybridized carbons (Fsp3) is 0.300. The summed E-state index contributed by atoms with van der Waals surface area (Å²) in [5.74, 6) is -0.364. The van der Waals surface area contributed by atoms with Gasteiger partial charge in [-0.25, -0.2) is 8.42 Å². The number of benzene rings is 2. The Hall–Kier alpha value is -2.51. The summed E-state index contributed by atoms with van der Waals surface area (Å²) in [4.78, 5) is 23.2. The van der Waals surface area contributed by atoms with Crippen molar-refractivity contribution in [3.63, 3.8) is 0 Å². The maximum Gasteiger partial charge on any atom is 0.255 e. The first kappa shape index (κ1) is 19.3. The summed E-state index contributed by atoms with van der Waals surface area (Å²) >= 11 is 0. The van der Waals surface area contributed by atoms with Crippen molar-refractivity contribution >= 4 is 27.9 Å². The molecule has 3 rings (SSSR count). The van der Waals surface area contributed by atoms with Crippen LogP contribution in [0.3, 0.4) is 0 Å². The van der Waals surface area contributed by atoms with E-state index < -0.39 is 10.0 Å². The Morgan fingerprint density at radius 2 is 1.63 bits per heavy atom. The largest absolute Gasteiger partial charge is 0.322 e. The van der Waals surface area contributed by atoms with E-state index in [1.807, 2.05) is 0 Å². The van der Waals surface area contributed by atoms with Gasteiger partial charge in [-0.1, -0.05) is 31.0 Å². The number of nitrogens with one attached hydrogen (secondary N) is 1. The minimum atomic E-state index is -3.57. The molecule has 0 atom stereocenters. The Balaban J connectivity index is 1.78. The molecule has 1 heterocycles. The summed E-state index contributed by atoms with van der Waals surface area (Å²) in [5, 5.41) is 2.71. The zero-order chi connectivity index (χ0) is 19.3. The fourth-order valence-electron chi connectivity index (χ4n) is 3.08. The summed E-state index contributed by atoms with van der Waals surface area (Å²) < 4.78 is 27.3. The van der Waals surface area contributed by atoms with Gasteiger partial charge in [0.1, 0.15) is 6.29 Å². The van der Waals surface area contributed by atoms with E-state index in [1.54, 1.807) is 42.5 Å². The first-order valence-corrected chi connectivity index (χ1v) is 10.4. The van der Waals surface area contributed by atoms with Crippen molar-refractivity contribution in [3.05, 3.63) is 59.7 Å². The summed E-state index contributed by atoms with van der Waals surface area (Å²) in [6.45, 7) is 1.06. The number of anilines is 1. The highest BCUT2D eigenvalue weighted by Crippen LogP contribution is 2.23. The highest BCUT2D eigenvalue weighted by molar-refractivity contribution is 7.89. The molecule has 1 aliphatic rings. The lowest BCUT2D eigenvalue weighted by atomic mass is 10.1. The normalized spacial score (nSPS) is 15.7. The van der Waals surface area contributed by atoms with Gasteiger partial charge in [-0.05, 0) is 43.2 Å². The van der Waals surface area contributed by atoms with Crippen molar-refractivity contribution in [1.82, 2.24) is 4.31 Å². The highest BCUT2D eigenvalue weighted by atomic mass is 32.2. The van der Waals surface area contributed by atoms with Gasteiger partial charge >= 0.3 is 0 Å². The van der Waals surface area contributed by atoms with Crippen LogP contribution < -0.4 is 5.32 Å². The molecule has 1 aliphatic heterocycles. The zero-order valence-electron chi connectivity index (χ0n) is 14.9. The Bertz CT molecular complexity index is 915. The fourth-order valence-corrected chi connectivity index (χ4v) is 4.65. The van der Waals surface area contributed by atoms with Gasteiger partial charge in [0.05, 0.1) is 4.90 Å². The molecule has 0 aliphatic carbocycles. The first-order chi connectivity index (χ1) is 13.0. The van der Waals surface area contributed by atoms with Crippen LogP contribution in [0, 0.1) is 0 Å². The lowest BCUT2D eigenvalue weighted by Gasteiger charge is -2.20. The van der Waals surface area contributed by atoms with E-state index in [9.17, 15) is 18.0 Å². The molecule has 2 aromatic carbocycles. The monoisotopic (exact) mass is 386 g/mol. The topological polar surface area (TPSA) is 83.5 Å². The lowest BCUT2D eigenvalue weighted by molar-refractivity contribution is 0.102. The van der Waals surface area contributed by atoms with Gasteiger partial charge in [0.15, 0.2) is 0 Å². The molecular weight excluding hydrogens is 364 g/mol. The number of aldehydes is 1. The highest BCUT2D eigenvalue weighted by Gasteiger charge is 2.25. The van der Waals surface area contributed by atoms with E-state index in [0.29, 0.717) is 36.2 Å². The van der Waals surface area contributed by atoms with E-state index in [1.165, 1.54) is 10.4 Å². The Morgan fingerprint density at radius 1 is 0.963 bits per heavy atom. The average molecular weight is 386 g/mol. The number of carbonyl (C=O) groups is 2. The Morgan fingerprint density at radius 3 is 2.26 bits per heavy atom. The van der Waals surface area contributed by atoms with Crippen molar-refractivity contribution in [2.24, 2.45) is 0 Å². The lowest BCUT2D eigenvalue weighted by Crippen LogP contribution is -2.32. The molecule has 6 nitrogen and oxygen atoms in total. The van der Waals surface area contributed by atoms with Crippen LogP contribution in [0.1, 0.15) is 46.4 Å². The van der Waals surface area contributed by atoms with Gasteiger partial charge in [0.25, 0.3) is 5.91 Å². The van der Waals surface area contributed by atoms with Crippen molar-refractivity contribution in [3.8, 4) is 0 Å². The van der Waals surface area contributed by atoms with Crippen molar-refractivity contribution in [2.45, 2.75) is 30.6 Å². The van der Waals surface area contributed by atoms with Crippen LogP contribution in [0.5, 0.6) is 0 Å². The van der Waals surface area contributed by atoms with E-state index in [4.69, 9.17) is 0 Å². The number of hydrogen-bond donors (Lipinski definition) is 1. The van der Waals surface area contributed by atoms with Crippen molar-refractivity contribution in [2.75, 3.05) is 18.4 Å². The minimum absolute atomic E-state index is 0.179. The van der Waals surface area contributed by atoms with E-state index in [0.717, 1.165) is 25.7 Å². The van der Waals surface area contributed by atoms with Crippen LogP contribution in [0.4, 0.5) is 5.69 Å². The van der Waals surface area contributed by atoms with Crippen LogP contribution in [-0.4, -0.2) is 38.0 Å². The maximum absolute atomic E-state index is 12.9. The van der Waals surface area contributed by atoms with Crippen LogP contribution in [0.25, 0.3) is 0 Å². The quantitative estimate of drug-likeness (QED) is 0.799. The standard InChI is InChI=1S/C20H22N2O4S/c23-15-16-8-10-17(11-9-16)20(24)21-18-6-5-7-19(14-18)27(25,26)22-12-3-1-2-4-13-22/h5-11,14-15H,1-4,12-13H2,(H,21,24). The molecular formula is C20H22N2O4S. The van der Waals surface area contributed by atoms with Crippen LogP contribution >= 0.6 is 0 Å². The number of hydrogen-bond acceptors (Lipinski definition) is 4. The third-order valence-electron chi connectivity index (χ3n) is 4.60. The van der Waals surface area contributed by atoms with E-state index in [-0.39, 0.29) is 10.8 Å².